The number of anilines is 1. The lowest BCUT2D eigenvalue weighted by Gasteiger charge is -2.11. The smallest absolute Gasteiger partial charge is 0.262 e. The van der Waals surface area contributed by atoms with Crippen molar-refractivity contribution in [2.75, 3.05) is 18.1 Å². The van der Waals surface area contributed by atoms with Crippen LogP contribution < -0.4 is 9.46 Å². The van der Waals surface area contributed by atoms with Gasteiger partial charge >= 0.3 is 0 Å². The van der Waals surface area contributed by atoms with Crippen molar-refractivity contribution in [3.8, 4) is 5.75 Å². The summed E-state index contributed by atoms with van der Waals surface area (Å²) < 4.78 is 33.6. The van der Waals surface area contributed by atoms with E-state index in [0.29, 0.717) is 33.3 Å². The van der Waals surface area contributed by atoms with Gasteiger partial charge in [-0.05, 0) is 60.4 Å². The number of nitrogens with zero attached hydrogens (tertiary/aromatic N) is 1. The summed E-state index contributed by atoms with van der Waals surface area (Å²) in [7, 11) is -2.35. The molecule has 6 nitrogen and oxygen atoms in total. The number of aromatic amines is 1. The Morgan fingerprint density at radius 2 is 1.85 bits per heavy atom. The Bertz CT molecular complexity index is 1400. The number of nitrogens with one attached hydrogen (secondary N) is 2. The Hall–Kier alpha value is -2.65. The molecule has 0 radical (unpaired) electrons. The molecule has 0 aliphatic heterocycles. The van der Waals surface area contributed by atoms with Gasteiger partial charge in [-0.2, -0.15) is 0 Å². The topological polar surface area (TPSA) is 84.1 Å². The fraction of sp³-hybridized carbons (Fsp3) is 0.0870. The highest BCUT2D eigenvalue weighted by Gasteiger charge is 2.18. The molecule has 3 aromatic carbocycles. The summed E-state index contributed by atoms with van der Waals surface area (Å²) in [6.07, 6.45) is 3.83. The van der Waals surface area contributed by atoms with Crippen molar-refractivity contribution in [3.63, 3.8) is 0 Å². The zero-order valence-electron chi connectivity index (χ0n) is 17.7. The van der Waals surface area contributed by atoms with Gasteiger partial charge in [-0.15, -0.1) is 24.2 Å². The van der Waals surface area contributed by atoms with Crippen LogP contribution in [0.3, 0.4) is 0 Å². The van der Waals surface area contributed by atoms with Gasteiger partial charge in [0, 0.05) is 4.90 Å². The maximum atomic E-state index is 12.9. The number of aromatic nitrogens is 2. The molecule has 0 unspecified atom stereocenters. The fourth-order valence-corrected chi connectivity index (χ4v) is 4.84. The number of thioether (sulfide) groups is 1. The number of methoxy groups -OCH3 is 1. The molecule has 0 spiro atoms. The molecule has 0 aliphatic rings. The third-order valence-corrected chi connectivity index (χ3v) is 7.15. The second-order valence-corrected chi connectivity index (χ2v) is 9.80. The number of ether oxygens (including phenoxy) is 1. The summed E-state index contributed by atoms with van der Waals surface area (Å²) in [5, 5.41) is 0.426. The van der Waals surface area contributed by atoms with Crippen LogP contribution in [-0.4, -0.2) is 31.8 Å². The summed E-state index contributed by atoms with van der Waals surface area (Å²) in [5.74, 6) is 0.895. The van der Waals surface area contributed by atoms with Gasteiger partial charge in [-0.1, -0.05) is 35.9 Å². The molecule has 2 N–H and O–H groups in total. The van der Waals surface area contributed by atoms with E-state index < -0.39 is 10.0 Å². The SMILES string of the molecule is COc1ccccc1NS(=O)(=O)c1ccc2nc(/C(Cl)=C/c3ccc(SC)cc3)[nH]c2c1.Cl. The molecular formula is C23H21Cl2N3O3S2. The Morgan fingerprint density at radius 1 is 1.12 bits per heavy atom. The molecule has 10 heteroatoms. The monoisotopic (exact) mass is 521 g/mol. The van der Waals surface area contributed by atoms with E-state index >= 15 is 0 Å². The van der Waals surface area contributed by atoms with Crippen LogP contribution >= 0.6 is 35.8 Å². The standard InChI is InChI=1S/C23H20ClN3O3S2.ClH/c1-30-22-6-4-3-5-20(22)27-32(28,29)17-11-12-19-21(14-17)26-23(25-19)18(24)13-15-7-9-16(31-2)10-8-15;/h3-14,27H,1-2H3,(H,25,26);1H/b18-13-;. The molecule has 4 rings (SSSR count). The average Bonchev–Trinajstić information content (AvgIpc) is 3.23. The van der Waals surface area contributed by atoms with E-state index in [2.05, 4.69) is 14.7 Å². The molecule has 0 amide bonds. The Morgan fingerprint density at radius 3 is 2.55 bits per heavy atom. The zero-order valence-corrected chi connectivity index (χ0v) is 20.9. The molecule has 0 fully saturated rings. The third-order valence-electron chi connectivity index (χ3n) is 4.75. The van der Waals surface area contributed by atoms with Crippen molar-refractivity contribution in [3.05, 3.63) is 78.1 Å². The second-order valence-electron chi connectivity index (χ2n) is 6.84. The minimum atomic E-state index is -3.83. The minimum Gasteiger partial charge on any atom is -0.495 e. The van der Waals surface area contributed by atoms with Gasteiger partial charge in [0.2, 0.25) is 0 Å². The first-order valence-electron chi connectivity index (χ1n) is 9.57. The molecule has 0 atom stereocenters. The van der Waals surface area contributed by atoms with Gasteiger partial charge in [0.15, 0.2) is 0 Å². The fourth-order valence-electron chi connectivity index (χ4n) is 3.12. The molecule has 33 heavy (non-hydrogen) atoms. The number of hydrogen-bond acceptors (Lipinski definition) is 5. The van der Waals surface area contributed by atoms with Crippen LogP contribution in [0.4, 0.5) is 5.69 Å². The third kappa shape index (κ3) is 5.65. The van der Waals surface area contributed by atoms with Crippen molar-refractivity contribution in [1.82, 2.24) is 9.97 Å². The zero-order chi connectivity index (χ0) is 22.7. The summed E-state index contributed by atoms with van der Waals surface area (Å²) in [4.78, 5) is 8.85. The highest BCUT2D eigenvalue weighted by molar-refractivity contribution is 7.98. The predicted octanol–water partition coefficient (Wildman–Crippen LogP) is 6.25. The number of halogens is 2. The summed E-state index contributed by atoms with van der Waals surface area (Å²) in [5.41, 5.74) is 2.48. The lowest BCUT2D eigenvalue weighted by molar-refractivity contribution is 0.417. The average molecular weight is 522 g/mol. The van der Waals surface area contributed by atoms with Gasteiger partial charge < -0.3 is 9.72 Å². The van der Waals surface area contributed by atoms with E-state index in [1.165, 1.54) is 19.2 Å². The van der Waals surface area contributed by atoms with Gasteiger partial charge in [0.1, 0.15) is 11.6 Å². The van der Waals surface area contributed by atoms with E-state index in [-0.39, 0.29) is 17.3 Å². The highest BCUT2D eigenvalue weighted by Crippen LogP contribution is 2.28. The normalized spacial score (nSPS) is 11.8. The van der Waals surface area contributed by atoms with Crippen LogP contribution in [0.2, 0.25) is 0 Å². The molecule has 1 aromatic heterocycles. The van der Waals surface area contributed by atoms with Crippen LogP contribution in [0.15, 0.2) is 76.5 Å². The first-order chi connectivity index (χ1) is 15.4. The molecular weight excluding hydrogens is 501 g/mol. The number of hydrogen-bond donors (Lipinski definition) is 2. The van der Waals surface area contributed by atoms with Crippen LogP contribution in [0, 0.1) is 0 Å². The van der Waals surface area contributed by atoms with Crippen LogP contribution in [0.1, 0.15) is 11.4 Å². The van der Waals surface area contributed by atoms with Crippen molar-refractivity contribution in [2.24, 2.45) is 0 Å². The Balaban J connectivity index is 0.00000306. The van der Waals surface area contributed by atoms with Crippen LogP contribution in [0.5, 0.6) is 5.75 Å². The number of para-hydroxylation sites is 2. The molecule has 0 saturated heterocycles. The van der Waals surface area contributed by atoms with E-state index in [1.54, 1.807) is 42.1 Å². The van der Waals surface area contributed by atoms with Crippen molar-refractivity contribution >= 4 is 73.6 Å². The summed E-state index contributed by atoms with van der Waals surface area (Å²) in [6.45, 7) is 0. The molecule has 0 aliphatic carbocycles. The predicted molar refractivity (Wildman–Crippen MR) is 139 cm³/mol. The maximum absolute atomic E-state index is 12.9. The number of H-pyrrole nitrogens is 1. The van der Waals surface area contributed by atoms with E-state index in [9.17, 15) is 8.42 Å². The maximum Gasteiger partial charge on any atom is 0.262 e. The molecule has 0 bridgehead atoms. The largest absolute Gasteiger partial charge is 0.495 e. The van der Waals surface area contributed by atoms with Gasteiger partial charge in [0.05, 0.1) is 33.8 Å². The summed E-state index contributed by atoms with van der Waals surface area (Å²) >= 11 is 8.14. The number of sulfonamides is 1. The molecule has 4 aromatic rings. The Kier molecular flexibility index (Phi) is 7.97. The van der Waals surface area contributed by atoms with E-state index in [0.717, 1.165) is 10.5 Å². The molecule has 0 saturated carbocycles. The van der Waals surface area contributed by atoms with Crippen LogP contribution in [-0.2, 0) is 10.0 Å². The highest BCUT2D eigenvalue weighted by atomic mass is 35.5. The van der Waals surface area contributed by atoms with Crippen molar-refractivity contribution in [1.29, 1.82) is 0 Å². The van der Waals surface area contributed by atoms with Crippen molar-refractivity contribution < 1.29 is 13.2 Å². The lowest BCUT2D eigenvalue weighted by atomic mass is 10.2. The number of imidazole rings is 1. The van der Waals surface area contributed by atoms with Gasteiger partial charge in [0.25, 0.3) is 10.0 Å². The minimum absolute atomic E-state index is 0. The molecule has 1 heterocycles. The first-order valence-corrected chi connectivity index (χ1v) is 12.7. The Labute approximate surface area is 207 Å². The quantitative estimate of drug-likeness (QED) is 0.280. The first kappa shape index (κ1) is 25.0. The van der Waals surface area contributed by atoms with Crippen molar-refractivity contribution in [2.45, 2.75) is 9.79 Å². The summed E-state index contributed by atoms with van der Waals surface area (Å²) in [6, 6.07) is 19.5. The lowest BCUT2D eigenvalue weighted by Crippen LogP contribution is -2.13. The van der Waals surface area contributed by atoms with Crippen LogP contribution in [0.25, 0.3) is 22.1 Å². The van der Waals surface area contributed by atoms with E-state index in [4.69, 9.17) is 16.3 Å². The van der Waals surface area contributed by atoms with E-state index in [1.807, 2.05) is 36.6 Å². The number of fused-ring (bicyclic) bond motifs is 1. The molecule has 172 valence electrons. The van der Waals surface area contributed by atoms with Gasteiger partial charge in [-0.25, -0.2) is 13.4 Å². The number of benzene rings is 3. The second kappa shape index (κ2) is 10.5. The number of rotatable bonds is 7. The van der Waals surface area contributed by atoms with Gasteiger partial charge in [-0.3, -0.25) is 4.72 Å².